The lowest BCUT2D eigenvalue weighted by molar-refractivity contribution is -0.210. The van der Waals surface area contributed by atoms with E-state index in [-0.39, 0.29) is 17.0 Å². The summed E-state index contributed by atoms with van der Waals surface area (Å²) in [5, 5.41) is 42.4. The Morgan fingerprint density at radius 2 is 1.78 bits per heavy atom. The van der Waals surface area contributed by atoms with Gasteiger partial charge in [0.2, 0.25) is 0 Å². The molecule has 1 fully saturated rings. The molecule has 6 rings (SSSR count). The zero-order valence-electron chi connectivity index (χ0n) is 21.4. The maximum absolute atomic E-state index is 13.8. The van der Waals surface area contributed by atoms with Crippen molar-refractivity contribution >= 4 is 33.2 Å². The predicted molar refractivity (Wildman–Crippen MR) is 142 cm³/mol. The number of rotatable bonds is 5. The van der Waals surface area contributed by atoms with E-state index in [9.17, 15) is 28.5 Å². The summed E-state index contributed by atoms with van der Waals surface area (Å²) in [5.41, 5.74) is 1.37. The third kappa shape index (κ3) is 4.70. The van der Waals surface area contributed by atoms with Crippen LogP contribution in [0.2, 0.25) is 5.02 Å². The molecule has 10 nitrogen and oxygen atoms in total. The van der Waals surface area contributed by atoms with Crippen LogP contribution < -0.4 is 0 Å². The molecule has 0 saturated carbocycles. The monoisotopic (exact) mass is 606 g/mol. The third-order valence-electron chi connectivity index (χ3n) is 6.92. The molecule has 0 aliphatic carbocycles. The third-order valence-corrected chi connectivity index (χ3v) is 8.42. The number of fused-ring (bicyclic) bond motifs is 1. The van der Waals surface area contributed by atoms with E-state index in [1.54, 1.807) is 19.1 Å². The van der Waals surface area contributed by atoms with Crippen molar-refractivity contribution in [2.75, 3.05) is 6.61 Å². The Balaban J connectivity index is 1.41. The molecule has 0 amide bonds. The molecule has 1 aliphatic heterocycles. The number of ether oxygens (including phenoxy) is 1. The molecular formula is C26H22ClF3N6O4S. The Morgan fingerprint density at radius 3 is 2.49 bits per heavy atom. The van der Waals surface area contributed by atoms with Crippen LogP contribution in [0.15, 0.2) is 36.7 Å². The Labute approximate surface area is 239 Å². The lowest BCUT2D eigenvalue weighted by Gasteiger charge is -2.41. The molecule has 5 aromatic rings. The van der Waals surface area contributed by atoms with Gasteiger partial charge in [-0.2, -0.15) is 10.2 Å². The normalized spacial score (nSPS) is 23.0. The quantitative estimate of drug-likeness (QED) is 0.257. The summed E-state index contributed by atoms with van der Waals surface area (Å²) in [6, 6.07) is 3.93. The first-order chi connectivity index (χ1) is 19.6. The number of hydrogen-bond acceptors (Lipinski definition) is 9. The molecule has 0 radical (unpaired) electrons. The van der Waals surface area contributed by atoms with Crippen LogP contribution in [0, 0.1) is 31.3 Å². The number of aliphatic hydroxyl groups is 3. The summed E-state index contributed by atoms with van der Waals surface area (Å²) < 4.78 is 50.5. The van der Waals surface area contributed by atoms with E-state index < -0.39 is 54.5 Å². The summed E-state index contributed by atoms with van der Waals surface area (Å²) in [4.78, 5) is 8.92. The smallest absolute Gasteiger partial charge is 0.194 e. The van der Waals surface area contributed by atoms with Crippen LogP contribution in [-0.4, -0.2) is 69.8 Å². The highest BCUT2D eigenvalue weighted by Crippen LogP contribution is 2.40. The summed E-state index contributed by atoms with van der Waals surface area (Å²) in [5.74, 6) is -3.85. The van der Waals surface area contributed by atoms with Crippen molar-refractivity contribution < 1.29 is 33.2 Å². The molecule has 0 spiro atoms. The molecule has 2 unspecified atom stereocenters. The number of nitrogens with zero attached hydrogens (tertiary/aromatic N) is 6. The van der Waals surface area contributed by atoms with Crippen molar-refractivity contribution in [2.45, 2.75) is 44.3 Å². The minimum atomic E-state index is -1.60. The molecule has 15 heteroatoms. The van der Waals surface area contributed by atoms with Crippen molar-refractivity contribution in [3.8, 4) is 16.8 Å². The van der Waals surface area contributed by atoms with Gasteiger partial charge in [-0.25, -0.2) is 27.8 Å². The van der Waals surface area contributed by atoms with E-state index in [4.69, 9.17) is 16.3 Å². The second-order valence-corrected chi connectivity index (χ2v) is 11.2. The zero-order valence-corrected chi connectivity index (χ0v) is 23.0. The van der Waals surface area contributed by atoms with E-state index in [1.807, 2.05) is 6.92 Å². The predicted octanol–water partition coefficient (Wildman–Crippen LogP) is 3.82. The topological polar surface area (TPSA) is 131 Å². The zero-order chi connectivity index (χ0) is 29.2. The van der Waals surface area contributed by atoms with Gasteiger partial charge in [0.1, 0.15) is 36.3 Å². The maximum atomic E-state index is 13.8. The molecule has 0 bridgehead atoms. The number of thiazole rings is 1. The molecule has 1 aliphatic rings. The van der Waals surface area contributed by atoms with Gasteiger partial charge in [-0.1, -0.05) is 11.6 Å². The first-order valence-electron chi connectivity index (χ1n) is 12.4. The van der Waals surface area contributed by atoms with Gasteiger partial charge in [0, 0.05) is 11.8 Å². The van der Waals surface area contributed by atoms with Gasteiger partial charge in [-0.3, -0.25) is 4.68 Å². The number of halogens is 4. The van der Waals surface area contributed by atoms with E-state index in [0.717, 1.165) is 21.8 Å². The Morgan fingerprint density at radius 1 is 1.05 bits per heavy atom. The van der Waals surface area contributed by atoms with Crippen LogP contribution in [0.3, 0.4) is 0 Å². The first kappa shape index (κ1) is 27.8. The molecule has 3 N–H and O–H groups in total. The van der Waals surface area contributed by atoms with Gasteiger partial charge in [-0.15, -0.1) is 11.3 Å². The van der Waals surface area contributed by atoms with Crippen molar-refractivity contribution in [1.29, 1.82) is 0 Å². The van der Waals surface area contributed by atoms with Crippen molar-refractivity contribution in [1.82, 2.24) is 29.5 Å². The number of hydrogen-bond donors (Lipinski definition) is 3. The number of aliphatic hydroxyl groups excluding tert-OH is 3. The van der Waals surface area contributed by atoms with Gasteiger partial charge in [0.25, 0.3) is 0 Å². The molecule has 41 heavy (non-hydrogen) atoms. The fourth-order valence-electron chi connectivity index (χ4n) is 5.02. The van der Waals surface area contributed by atoms with Crippen LogP contribution in [0.25, 0.3) is 27.0 Å². The average Bonchev–Trinajstić information content (AvgIpc) is 3.66. The van der Waals surface area contributed by atoms with Gasteiger partial charge in [-0.05, 0) is 43.7 Å². The van der Waals surface area contributed by atoms with Gasteiger partial charge >= 0.3 is 0 Å². The lowest BCUT2D eigenvalue weighted by Crippen LogP contribution is -2.53. The largest absolute Gasteiger partial charge is 0.394 e. The van der Waals surface area contributed by atoms with E-state index in [1.165, 1.54) is 33.1 Å². The van der Waals surface area contributed by atoms with Crippen LogP contribution in [0.5, 0.6) is 0 Å². The van der Waals surface area contributed by atoms with E-state index in [0.29, 0.717) is 22.1 Å². The number of benzene rings is 2. The van der Waals surface area contributed by atoms with E-state index >= 15 is 0 Å². The molecular weight excluding hydrogens is 585 g/mol. The van der Waals surface area contributed by atoms with Gasteiger partial charge < -0.3 is 20.1 Å². The molecule has 2 aromatic carbocycles. The van der Waals surface area contributed by atoms with Crippen LogP contribution in [-0.2, 0) is 4.74 Å². The summed E-state index contributed by atoms with van der Waals surface area (Å²) in [7, 11) is 0. The van der Waals surface area contributed by atoms with Gasteiger partial charge in [0.15, 0.2) is 23.3 Å². The Hall–Kier alpha value is -3.40. The second-order valence-electron chi connectivity index (χ2n) is 9.62. The molecule has 4 heterocycles. The maximum Gasteiger partial charge on any atom is 0.194 e. The first-order valence-corrected chi connectivity index (χ1v) is 13.6. The average molecular weight is 607 g/mol. The molecule has 3 aromatic heterocycles. The van der Waals surface area contributed by atoms with Crippen molar-refractivity contribution in [3.05, 3.63) is 75.8 Å². The van der Waals surface area contributed by atoms with Crippen molar-refractivity contribution in [3.63, 3.8) is 0 Å². The van der Waals surface area contributed by atoms with Crippen LogP contribution in [0.4, 0.5) is 13.2 Å². The SMILES string of the molecule is Cc1nc([C@@H]2OC(CO)[C@H](O)C(n3cc(-c4cc(F)c(F)c(F)c4)cn3)[C@@H]2O)n(-c2ccc3nc(C)sc3c2Cl)n1. The van der Waals surface area contributed by atoms with E-state index in [2.05, 4.69) is 20.2 Å². The molecule has 5 atom stereocenters. The standard InChI is InChI=1S/C26H22ClF3N6O4S/c1-10-32-26(36(34-10)17-4-3-16-25(19(17)27)41-11(2)33-16)24-23(39)21(22(38)18(9-37)40-24)35-8-13(7-31-35)12-5-14(28)20(30)15(29)6-12/h3-8,18,21-24,37-39H,9H2,1-2H3/t18?,21?,22-,23-,24+/m0/s1. The van der Waals surface area contributed by atoms with Crippen molar-refractivity contribution in [2.24, 2.45) is 0 Å². The Kier molecular flexibility index (Phi) is 7.08. The highest BCUT2D eigenvalue weighted by molar-refractivity contribution is 7.19. The van der Waals surface area contributed by atoms with Crippen LogP contribution in [0.1, 0.15) is 28.8 Å². The van der Waals surface area contributed by atoms with Crippen LogP contribution >= 0.6 is 22.9 Å². The minimum absolute atomic E-state index is 0.00217. The number of aromatic nitrogens is 6. The molecule has 214 valence electrons. The van der Waals surface area contributed by atoms with Gasteiger partial charge in [0.05, 0.1) is 38.7 Å². The minimum Gasteiger partial charge on any atom is -0.394 e. The Bertz CT molecular complexity index is 1750. The second kappa shape index (κ2) is 10.5. The summed E-state index contributed by atoms with van der Waals surface area (Å²) in [6.45, 7) is 2.90. The molecule has 1 saturated heterocycles. The fraction of sp³-hybridized carbons (Fsp3) is 0.308. The lowest BCUT2D eigenvalue weighted by atomic mass is 9.92. The fourth-order valence-corrected chi connectivity index (χ4v) is 6.22. The number of aryl methyl sites for hydroxylation is 2. The summed E-state index contributed by atoms with van der Waals surface area (Å²) >= 11 is 8.16. The highest BCUT2D eigenvalue weighted by atomic mass is 35.5. The summed E-state index contributed by atoms with van der Waals surface area (Å²) in [6.07, 6.45) is -2.73. The highest BCUT2D eigenvalue weighted by Gasteiger charge is 2.48.